The third kappa shape index (κ3) is 5.47. The largest absolute Gasteiger partial charge is 0.490 e. The summed E-state index contributed by atoms with van der Waals surface area (Å²) in [5.41, 5.74) is 3.12. The van der Waals surface area contributed by atoms with Crippen molar-refractivity contribution in [1.29, 1.82) is 0 Å². The van der Waals surface area contributed by atoms with Crippen molar-refractivity contribution in [3.8, 4) is 5.75 Å². The zero-order valence-corrected chi connectivity index (χ0v) is 19.1. The van der Waals surface area contributed by atoms with Crippen LogP contribution in [0.2, 0.25) is 0 Å². The number of carbonyl (C=O) groups excluding carboxylic acids is 1. The van der Waals surface area contributed by atoms with Crippen molar-refractivity contribution < 1.29 is 23.6 Å². The number of hydrogen-bond donors (Lipinski definition) is 0. The molecule has 0 radical (unpaired) electrons. The molecule has 1 aromatic carbocycles. The van der Waals surface area contributed by atoms with Crippen molar-refractivity contribution in [1.82, 2.24) is 0 Å². The molecule has 1 fully saturated rings. The Kier molecular flexibility index (Phi) is 7.30. The van der Waals surface area contributed by atoms with E-state index in [0.717, 1.165) is 31.4 Å². The van der Waals surface area contributed by atoms with Crippen molar-refractivity contribution in [2.24, 2.45) is 0 Å². The number of methoxy groups -OCH3 is 1. The summed E-state index contributed by atoms with van der Waals surface area (Å²) >= 11 is 0. The molecule has 3 rings (SSSR count). The van der Waals surface area contributed by atoms with Gasteiger partial charge in [0.05, 0.1) is 18.3 Å². The van der Waals surface area contributed by atoms with Gasteiger partial charge >= 0.3 is 13.1 Å². The Balaban J connectivity index is 1.59. The molecule has 5 nitrogen and oxygen atoms in total. The number of allylic oxidation sites excluding steroid dienone is 1. The smallest absolute Gasteiger partial charge is 0.489 e. The molecule has 1 saturated heterocycles. The van der Waals surface area contributed by atoms with Crippen LogP contribution in [0.4, 0.5) is 0 Å². The average molecular weight is 414 g/mol. The SMILES string of the molecule is COC(=O)CCCc1ccc(OCC2=C(B3OC(C)(C)C(C)(C)O3)CCCC2)cc1. The van der Waals surface area contributed by atoms with Crippen molar-refractivity contribution in [3.05, 3.63) is 40.9 Å². The summed E-state index contributed by atoms with van der Waals surface area (Å²) in [7, 11) is 1.15. The number of aryl methyl sites for hydroxylation is 1. The molecule has 30 heavy (non-hydrogen) atoms. The van der Waals surface area contributed by atoms with Gasteiger partial charge in [-0.2, -0.15) is 0 Å². The summed E-state index contributed by atoms with van der Waals surface area (Å²) in [4.78, 5) is 11.2. The van der Waals surface area contributed by atoms with Gasteiger partial charge in [0, 0.05) is 6.42 Å². The lowest BCUT2D eigenvalue weighted by Gasteiger charge is -2.32. The Hall–Kier alpha value is -1.79. The number of ether oxygens (including phenoxy) is 2. The van der Waals surface area contributed by atoms with Crippen molar-refractivity contribution in [2.75, 3.05) is 13.7 Å². The molecule has 1 aromatic rings. The Labute approximate surface area is 181 Å². The van der Waals surface area contributed by atoms with E-state index in [1.807, 2.05) is 12.1 Å². The van der Waals surface area contributed by atoms with Gasteiger partial charge in [-0.1, -0.05) is 12.1 Å². The monoisotopic (exact) mass is 414 g/mol. The predicted molar refractivity (Wildman–Crippen MR) is 118 cm³/mol. The highest BCUT2D eigenvalue weighted by Gasteiger charge is 2.52. The van der Waals surface area contributed by atoms with E-state index in [2.05, 4.69) is 44.6 Å². The zero-order valence-electron chi connectivity index (χ0n) is 19.1. The second kappa shape index (κ2) is 9.57. The molecule has 0 bridgehead atoms. The maximum atomic E-state index is 11.2. The van der Waals surface area contributed by atoms with Crippen LogP contribution < -0.4 is 4.74 Å². The third-order valence-electron chi connectivity index (χ3n) is 6.58. The molecule has 2 aliphatic rings. The number of carbonyl (C=O) groups is 1. The molecule has 0 N–H and O–H groups in total. The lowest BCUT2D eigenvalue weighted by atomic mass is 9.69. The number of esters is 1. The molecular formula is C24H35BO5. The van der Waals surface area contributed by atoms with E-state index in [1.54, 1.807) is 0 Å². The molecule has 164 valence electrons. The molecule has 1 aliphatic heterocycles. The number of hydrogen-bond acceptors (Lipinski definition) is 5. The minimum Gasteiger partial charge on any atom is -0.489 e. The van der Waals surface area contributed by atoms with Crippen molar-refractivity contribution in [3.63, 3.8) is 0 Å². The van der Waals surface area contributed by atoms with Crippen LogP contribution in [0.5, 0.6) is 5.75 Å². The molecular weight excluding hydrogens is 379 g/mol. The van der Waals surface area contributed by atoms with Gasteiger partial charge < -0.3 is 18.8 Å². The Morgan fingerprint density at radius 1 is 1.03 bits per heavy atom. The van der Waals surface area contributed by atoms with E-state index < -0.39 is 0 Å². The normalized spacial score (nSPS) is 20.4. The summed E-state index contributed by atoms with van der Waals surface area (Å²) < 4.78 is 23.4. The quantitative estimate of drug-likeness (QED) is 0.440. The van der Waals surface area contributed by atoms with Gasteiger partial charge in [0.15, 0.2) is 0 Å². The highest BCUT2D eigenvalue weighted by atomic mass is 16.7. The topological polar surface area (TPSA) is 54.0 Å². The molecule has 0 spiro atoms. The predicted octanol–water partition coefficient (Wildman–Crippen LogP) is 5.06. The van der Waals surface area contributed by atoms with Crippen molar-refractivity contribution in [2.45, 2.75) is 83.8 Å². The van der Waals surface area contributed by atoms with Gasteiger partial charge in [-0.3, -0.25) is 4.79 Å². The van der Waals surface area contributed by atoms with Gasteiger partial charge in [-0.05, 0) is 95.0 Å². The van der Waals surface area contributed by atoms with Crippen LogP contribution in [-0.2, 0) is 25.3 Å². The Morgan fingerprint density at radius 2 is 1.67 bits per heavy atom. The van der Waals surface area contributed by atoms with Crippen LogP contribution in [0.1, 0.15) is 71.8 Å². The third-order valence-corrected chi connectivity index (χ3v) is 6.58. The van der Waals surface area contributed by atoms with E-state index in [9.17, 15) is 4.79 Å². The summed E-state index contributed by atoms with van der Waals surface area (Å²) in [5.74, 6) is 0.701. The van der Waals surface area contributed by atoms with Gasteiger partial charge in [0.25, 0.3) is 0 Å². The molecule has 0 unspecified atom stereocenters. The summed E-state index contributed by atoms with van der Waals surface area (Å²) in [6, 6.07) is 8.14. The maximum absolute atomic E-state index is 11.2. The molecule has 0 amide bonds. The van der Waals surface area contributed by atoms with E-state index in [4.69, 9.17) is 14.0 Å². The van der Waals surface area contributed by atoms with E-state index in [1.165, 1.54) is 36.6 Å². The van der Waals surface area contributed by atoms with Gasteiger partial charge in [0.2, 0.25) is 0 Å². The molecule has 0 atom stereocenters. The first kappa shape index (κ1) is 22.9. The second-order valence-electron chi connectivity index (χ2n) is 9.29. The Bertz CT molecular complexity index is 750. The summed E-state index contributed by atoms with van der Waals surface area (Å²) in [6.07, 6.45) is 6.48. The first-order valence-electron chi connectivity index (χ1n) is 11.1. The first-order valence-corrected chi connectivity index (χ1v) is 11.1. The minimum absolute atomic E-state index is 0.159. The molecule has 0 saturated carbocycles. The van der Waals surface area contributed by atoms with Crippen LogP contribution >= 0.6 is 0 Å². The van der Waals surface area contributed by atoms with Gasteiger partial charge in [-0.25, -0.2) is 0 Å². The second-order valence-corrected chi connectivity index (χ2v) is 9.29. The van der Waals surface area contributed by atoms with Crippen LogP contribution in [0.25, 0.3) is 0 Å². The summed E-state index contributed by atoms with van der Waals surface area (Å²) in [6.45, 7) is 8.96. The van der Waals surface area contributed by atoms with Crippen LogP contribution in [0.3, 0.4) is 0 Å². The van der Waals surface area contributed by atoms with Crippen LogP contribution in [-0.4, -0.2) is 38.0 Å². The fourth-order valence-corrected chi connectivity index (χ4v) is 3.89. The van der Waals surface area contributed by atoms with Crippen molar-refractivity contribution >= 4 is 13.1 Å². The highest BCUT2D eigenvalue weighted by molar-refractivity contribution is 6.54. The average Bonchev–Trinajstić information content (AvgIpc) is 2.94. The van der Waals surface area contributed by atoms with E-state index >= 15 is 0 Å². The first-order chi connectivity index (χ1) is 14.2. The van der Waals surface area contributed by atoms with Gasteiger partial charge in [0.1, 0.15) is 12.4 Å². The van der Waals surface area contributed by atoms with E-state index in [0.29, 0.717) is 13.0 Å². The molecule has 1 aliphatic carbocycles. The summed E-state index contributed by atoms with van der Waals surface area (Å²) in [5, 5.41) is 0. The lowest BCUT2D eigenvalue weighted by Crippen LogP contribution is -2.41. The van der Waals surface area contributed by atoms with Crippen LogP contribution in [0, 0.1) is 0 Å². The molecule has 0 aromatic heterocycles. The highest BCUT2D eigenvalue weighted by Crippen LogP contribution is 2.41. The number of rotatable bonds is 8. The van der Waals surface area contributed by atoms with Gasteiger partial charge in [-0.15, -0.1) is 0 Å². The lowest BCUT2D eigenvalue weighted by molar-refractivity contribution is -0.140. The Morgan fingerprint density at radius 3 is 2.30 bits per heavy atom. The maximum Gasteiger partial charge on any atom is 0.490 e. The minimum atomic E-state index is -0.322. The molecule has 1 heterocycles. The number of benzene rings is 1. The van der Waals surface area contributed by atoms with Crippen LogP contribution in [0.15, 0.2) is 35.3 Å². The molecule has 6 heteroatoms. The fourth-order valence-electron chi connectivity index (χ4n) is 3.89. The standard InChI is InChI=1S/C24H35BO5/c1-23(2)24(3,4)30-25(29-23)21-11-7-6-10-19(21)17-28-20-15-13-18(14-16-20)9-8-12-22(26)27-5/h13-16H,6-12,17H2,1-5H3. The van der Waals surface area contributed by atoms with E-state index in [-0.39, 0.29) is 24.3 Å². The zero-order chi connectivity index (χ0) is 21.8. The fraction of sp³-hybridized carbons (Fsp3) is 0.625.